The third-order valence-corrected chi connectivity index (χ3v) is 5.35. The molecule has 0 amide bonds. The van der Waals surface area contributed by atoms with Gasteiger partial charge < -0.3 is 13.3 Å². The van der Waals surface area contributed by atoms with Crippen LogP contribution >= 0.6 is 0 Å². The second kappa shape index (κ2) is 8.20. The molecule has 0 aromatic rings. The maximum absolute atomic E-state index is 14.0. The van der Waals surface area contributed by atoms with Crippen molar-refractivity contribution in [2.24, 2.45) is 0 Å². The minimum Gasteiger partial charge on any atom is -0.372 e. The van der Waals surface area contributed by atoms with Gasteiger partial charge in [0, 0.05) is 19.8 Å². The summed E-state index contributed by atoms with van der Waals surface area (Å²) in [5, 5.41) is 0. The first-order chi connectivity index (χ1) is 9.19. The molecule has 0 N–H and O–H groups in total. The van der Waals surface area contributed by atoms with Crippen LogP contribution in [0.4, 0.5) is 26.3 Å². The van der Waals surface area contributed by atoms with Gasteiger partial charge in [-0.3, -0.25) is 0 Å². The molecule has 0 aliphatic heterocycles. The molecular weight excluding hydrogens is 310 g/mol. The molecule has 2 atom stereocenters. The summed E-state index contributed by atoms with van der Waals surface area (Å²) < 4.78 is 92.6. The SMILES string of the molecule is CCO[Si](OCC)(OCC)C(F)C(F)(F)C(F)C(F)F. The summed E-state index contributed by atoms with van der Waals surface area (Å²) in [6, 6.07) is 0. The summed E-state index contributed by atoms with van der Waals surface area (Å²) in [5.41, 5.74) is 0. The molecule has 2 unspecified atom stereocenters. The van der Waals surface area contributed by atoms with Crippen LogP contribution in [0.2, 0.25) is 0 Å². The molecule has 0 aliphatic carbocycles. The van der Waals surface area contributed by atoms with Gasteiger partial charge >= 0.3 is 14.7 Å². The Morgan fingerprint density at radius 1 is 0.850 bits per heavy atom. The fourth-order valence-corrected chi connectivity index (χ4v) is 4.02. The molecule has 0 fully saturated rings. The van der Waals surface area contributed by atoms with Crippen molar-refractivity contribution in [1.29, 1.82) is 0 Å². The lowest BCUT2D eigenvalue weighted by Crippen LogP contribution is -2.64. The Bertz CT molecular complexity index is 265. The van der Waals surface area contributed by atoms with Crippen LogP contribution in [-0.4, -0.2) is 52.9 Å². The zero-order valence-electron chi connectivity index (χ0n) is 11.3. The molecule has 0 saturated carbocycles. The van der Waals surface area contributed by atoms with Gasteiger partial charge in [0.05, 0.1) is 0 Å². The molecule has 20 heavy (non-hydrogen) atoms. The van der Waals surface area contributed by atoms with E-state index in [2.05, 4.69) is 0 Å². The van der Waals surface area contributed by atoms with E-state index in [0.717, 1.165) is 0 Å². The second-order valence-corrected chi connectivity index (χ2v) is 6.26. The fraction of sp³-hybridized carbons (Fsp3) is 1.00. The predicted octanol–water partition coefficient (Wildman–Crippen LogP) is 3.15. The molecule has 0 heterocycles. The van der Waals surface area contributed by atoms with Gasteiger partial charge in [0.15, 0.2) is 0 Å². The van der Waals surface area contributed by atoms with Gasteiger partial charge in [0.1, 0.15) is 0 Å². The van der Waals surface area contributed by atoms with Crippen molar-refractivity contribution in [2.75, 3.05) is 19.8 Å². The zero-order chi connectivity index (χ0) is 16.0. The van der Waals surface area contributed by atoms with Gasteiger partial charge in [0.25, 0.3) is 6.43 Å². The van der Waals surface area contributed by atoms with Crippen LogP contribution in [0.5, 0.6) is 0 Å². The molecule has 0 aromatic heterocycles. The van der Waals surface area contributed by atoms with Gasteiger partial charge in [-0.2, -0.15) is 8.78 Å². The van der Waals surface area contributed by atoms with Crippen LogP contribution in [0, 0.1) is 0 Å². The van der Waals surface area contributed by atoms with Gasteiger partial charge in [-0.1, -0.05) is 0 Å². The number of halogens is 6. The van der Waals surface area contributed by atoms with Crippen molar-refractivity contribution >= 4 is 8.80 Å². The zero-order valence-corrected chi connectivity index (χ0v) is 12.3. The van der Waals surface area contributed by atoms with E-state index in [9.17, 15) is 26.3 Å². The first-order valence-electron chi connectivity index (χ1n) is 6.05. The normalized spacial score (nSPS) is 16.5. The third kappa shape index (κ3) is 4.33. The van der Waals surface area contributed by atoms with E-state index in [4.69, 9.17) is 13.3 Å². The highest BCUT2D eigenvalue weighted by Gasteiger charge is 2.67. The molecule has 0 spiro atoms. The summed E-state index contributed by atoms with van der Waals surface area (Å²) in [6.07, 6.45) is -7.99. The maximum atomic E-state index is 14.0. The first-order valence-corrected chi connectivity index (χ1v) is 7.85. The van der Waals surface area contributed by atoms with Crippen molar-refractivity contribution in [1.82, 2.24) is 0 Å². The first kappa shape index (κ1) is 19.7. The Labute approximate surface area is 114 Å². The average Bonchev–Trinajstić information content (AvgIpc) is 2.37. The van der Waals surface area contributed by atoms with Crippen LogP contribution in [0.3, 0.4) is 0 Å². The Balaban J connectivity index is 5.42. The van der Waals surface area contributed by atoms with Crippen LogP contribution in [0.1, 0.15) is 20.8 Å². The monoisotopic (exact) mass is 328 g/mol. The van der Waals surface area contributed by atoms with E-state index in [1.165, 1.54) is 20.8 Å². The fourth-order valence-electron chi connectivity index (χ4n) is 1.49. The quantitative estimate of drug-likeness (QED) is 0.455. The highest BCUT2D eigenvalue weighted by atomic mass is 28.4. The third-order valence-electron chi connectivity index (χ3n) is 2.27. The molecule has 0 radical (unpaired) electrons. The molecule has 0 saturated heterocycles. The minimum absolute atomic E-state index is 0.242. The largest absolute Gasteiger partial charge is 0.543 e. The molecule has 10 heteroatoms. The Morgan fingerprint density at radius 3 is 1.45 bits per heavy atom. The molecule has 0 aromatic carbocycles. The van der Waals surface area contributed by atoms with Gasteiger partial charge in [-0.05, 0) is 20.8 Å². The Morgan fingerprint density at radius 2 is 1.20 bits per heavy atom. The maximum Gasteiger partial charge on any atom is 0.543 e. The Hall–Kier alpha value is -0.323. The summed E-state index contributed by atoms with van der Waals surface area (Å²) >= 11 is 0. The second-order valence-electron chi connectivity index (χ2n) is 3.68. The van der Waals surface area contributed by atoms with Crippen molar-refractivity contribution in [3.8, 4) is 0 Å². The van der Waals surface area contributed by atoms with Crippen LogP contribution < -0.4 is 0 Å². The summed E-state index contributed by atoms with van der Waals surface area (Å²) in [6.45, 7) is 3.37. The smallest absolute Gasteiger partial charge is 0.372 e. The van der Waals surface area contributed by atoms with E-state index in [0.29, 0.717) is 0 Å². The van der Waals surface area contributed by atoms with Gasteiger partial charge in [-0.25, -0.2) is 17.6 Å². The van der Waals surface area contributed by atoms with E-state index < -0.39 is 33.1 Å². The average molecular weight is 328 g/mol. The van der Waals surface area contributed by atoms with E-state index in [1.807, 2.05) is 0 Å². The lowest BCUT2D eigenvalue weighted by molar-refractivity contribution is -0.164. The van der Waals surface area contributed by atoms with E-state index in [1.54, 1.807) is 0 Å². The number of hydrogen-bond acceptors (Lipinski definition) is 3. The van der Waals surface area contributed by atoms with Crippen LogP contribution in [0.15, 0.2) is 0 Å². The summed E-state index contributed by atoms with van der Waals surface area (Å²) in [5.74, 6) is -8.39. The van der Waals surface area contributed by atoms with E-state index >= 15 is 0 Å². The van der Waals surface area contributed by atoms with E-state index in [-0.39, 0.29) is 19.8 Å². The lowest BCUT2D eigenvalue weighted by atomic mass is 10.2. The van der Waals surface area contributed by atoms with Crippen molar-refractivity contribution in [3.05, 3.63) is 0 Å². The number of rotatable bonds is 10. The molecule has 122 valence electrons. The standard InChI is InChI=1S/C10H18F6O3Si/c1-4-17-20(18-5-2,19-6-3)9(14)10(15,16)7(11)8(12)13/h7-9H,4-6H2,1-3H3. The predicted molar refractivity (Wildman–Crippen MR) is 61.4 cm³/mol. The number of hydrogen-bond donors (Lipinski definition) is 0. The molecule has 3 nitrogen and oxygen atoms in total. The van der Waals surface area contributed by atoms with Crippen molar-refractivity contribution in [2.45, 2.75) is 45.1 Å². The minimum atomic E-state index is -4.97. The lowest BCUT2D eigenvalue weighted by Gasteiger charge is -2.35. The van der Waals surface area contributed by atoms with Gasteiger partial charge in [-0.15, -0.1) is 0 Å². The van der Waals surface area contributed by atoms with Crippen LogP contribution in [-0.2, 0) is 13.3 Å². The highest BCUT2D eigenvalue weighted by Crippen LogP contribution is 2.37. The summed E-state index contributed by atoms with van der Waals surface area (Å²) in [4.78, 5) is 0. The van der Waals surface area contributed by atoms with Crippen LogP contribution in [0.25, 0.3) is 0 Å². The topological polar surface area (TPSA) is 27.7 Å². The molecule has 0 aliphatic rings. The van der Waals surface area contributed by atoms with Crippen molar-refractivity contribution in [3.63, 3.8) is 0 Å². The van der Waals surface area contributed by atoms with Gasteiger partial charge in [0.2, 0.25) is 12.0 Å². The number of alkyl halides is 6. The van der Waals surface area contributed by atoms with Crippen molar-refractivity contribution < 1.29 is 39.6 Å². The molecular formula is C10H18F6O3Si. The molecule has 0 rings (SSSR count). The summed E-state index contributed by atoms with van der Waals surface area (Å²) in [7, 11) is -4.63. The molecule has 0 bridgehead atoms. The Kier molecular flexibility index (Phi) is 8.07. The highest BCUT2D eigenvalue weighted by molar-refractivity contribution is 6.62.